The Hall–Kier alpha value is -12.3. The predicted octanol–water partition coefficient (Wildman–Crippen LogP) is 30.3. The first kappa shape index (κ1) is 71.3. The number of allylic oxidation sites excluding steroid dienone is 11. The largest absolute Gasteiger partial charge is 0.311 e. The van der Waals surface area contributed by atoms with Crippen LogP contribution in [0.5, 0.6) is 0 Å². The van der Waals surface area contributed by atoms with Crippen LogP contribution in [0.1, 0.15) is 193 Å². The van der Waals surface area contributed by atoms with Crippen molar-refractivity contribution in [2.75, 3.05) is 14.7 Å². The van der Waals surface area contributed by atoms with Gasteiger partial charge in [-0.2, -0.15) is 0 Å². The van der Waals surface area contributed by atoms with Crippen LogP contribution < -0.4 is 14.7 Å². The molecule has 0 heterocycles. The van der Waals surface area contributed by atoms with Crippen LogP contribution in [0.25, 0.3) is 66.8 Å². The van der Waals surface area contributed by atoms with E-state index in [0.29, 0.717) is 0 Å². The standard InChI is InChI=1S/C114H99N3/c1-109(2)102-36-24-18-30-90(102)96-64-79(54-60-103(96)109)115(80-49-55-91-85-25-13-19-31-97(85)110(3,4)104(91)65-80)76-43-37-70(38-44-76)73-61-74(71-39-45-77(46-40-71)116(81-50-56-92-86-26-14-20-32-98(86)111(5,6)105(92)66-81)82-51-57-93-87-27-15-21-33-99(87)112(7,8)106(93)67-82)63-75(62-73)72-41-47-78(48-42-72)117(83-52-58-94-88-28-16-22-34-100(88)113(9,10)107(94)68-83)84-53-59-95-89-29-17-23-35-101(89)114(11,12)108(95)69-84/h13-22,24-34,36-39,41-61,63-69,71,75H,23,35,40,62H2,1-12H3. The van der Waals surface area contributed by atoms with Gasteiger partial charge in [0.2, 0.25) is 0 Å². The SMILES string of the molecule is CC1(C)C2=C(C=CCC2)c2ccc(N(c3ccc(C4C=C(C5C=CC(N(c6ccc7c(c6)C(C)(C)c6ccccc6-7)c6ccc7c(c6)C(C)(C)c6ccccc6-7)=CC5)C=C(c5ccc(N(c6ccc7c(c6)-c6ccccc6C7(C)C)c6ccc7c(c6)C(C)(C)c6ccccc6-7)cc5)C4)cc3)c3ccc4c(c3)C(C)(C)c3ccccc3-4)cc21. The van der Waals surface area contributed by atoms with Crippen molar-refractivity contribution in [1.82, 2.24) is 0 Å². The lowest BCUT2D eigenvalue weighted by atomic mass is 9.78. The summed E-state index contributed by atoms with van der Waals surface area (Å²) in [4.78, 5) is 7.62. The van der Waals surface area contributed by atoms with E-state index in [1.165, 1.54) is 179 Å². The zero-order chi connectivity index (χ0) is 79.6. The summed E-state index contributed by atoms with van der Waals surface area (Å²) in [7, 11) is 0. The Morgan fingerprint density at radius 3 is 1.08 bits per heavy atom. The van der Waals surface area contributed by atoms with E-state index in [-0.39, 0.29) is 44.3 Å². The van der Waals surface area contributed by atoms with Crippen LogP contribution in [0.2, 0.25) is 0 Å². The second-order valence-corrected chi connectivity index (χ2v) is 37.8. The van der Waals surface area contributed by atoms with Crippen molar-refractivity contribution < 1.29 is 0 Å². The number of hydrogen-bond donors (Lipinski definition) is 0. The van der Waals surface area contributed by atoms with Gasteiger partial charge in [-0.3, -0.25) is 0 Å². The lowest BCUT2D eigenvalue weighted by Crippen LogP contribution is -2.21. The molecule has 13 aromatic rings. The van der Waals surface area contributed by atoms with Crippen LogP contribution in [0.4, 0.5) is 45.5 Å². The zero-order valence-electron chi connectivity index (χ0n) is 69.4. The van der Waals surface area contributed by atoms with Crippen molar-refractivity contribution in [3.8, 4) is 55.6 Å². The molecule has 117 heavy (non-hydrogen) atoms. The van der Waals surface area contributed by atoms with E-state index in [2.05, 4.69) is 419 Å². The molecular formula is C114H99N3. The first-order valence-corrected chi connectivity index (χ1v) is 42.7. The molecule has 0 aromatic heterocycles. The van der Waals surface area contributed by atoms with E-state index in [9.17, 15) is 0 Å². The monoisotopic (exact) mass is 1510 g/mol. The van der Waals surface area contributed by atoms with Crippen molar-refractivity contribution >= 4 is 56.6 Å². The molecule has 2 atom stereocenters. The van der Waals surface area contributed by atoms with Gasteiger partial charge in [-0.1, -0.05) is 307 Å². The Kier molecular flexibility index (Phi) is 15.6. The Labute approximate surface area is 691 Å². The normalized spacial score (nSPS) is 18.9. The molecule has 0 radical (unpaired) electrons. The van der Waals surface area contributed by atoms with Gasteiger partial charge in [0.05, 0.1) is 0 Å². The van der Waals surface area contributed by atoms with Crippen molar-refractivity contribution in [1.29, 1.82) is 0 Å². The summed E-state index contributed by atoms with van der Waals surface area (Å²) in [5.41, 5.74) is 47.7. The third-order valence-electron chi connectivity index (χ3n) is 29.3. The van der Waals surface area contributed by atoms with Crippen LogP contribution in [-0.2, 0) is 32.5 Å². The number of anilines is 8. The number of fused-ring (bicyclic) bond motifs is 17. The number of hydrogen-bond acceptors (Lipinski definition) is 3. The van der Waals surface area contributed by atoms with Gasteiger partial charge in [0, 0.05) is 95.5 Å². The van der Waals surface area contributed by atoms with Crippen molar-refractivity contribution in [2.24, 2.45) is 5.92 Å². The third kappa shape index (κ3) is 10.6. The average Bonchev–Trinajstić information content (AvgIpc) is 1.60. The fraction of sp³-hybridized carbons (Fsp3) is 0.211. The van der Waals surface area contributed by atoms with E-state index >= 15 is 0 Å². The molecule has 0 amide bonds. The molecular weight excluding hydrogens is 1410 g/mol. The van der Waals surface area contributed by atoms with Crippen LogP contribution in [-0.4, -0.2) is 0 Å². The lowest BCUT2D eigenvalue weighted by Gasteiger charge is -2.33. The Morgan fingerprint density at radius 2 is 0.641 bits per heavy atom. The van der Waals surface area contributed by atoms with Gasteiger partial charge >= 0.3 is 0 Å². The van der Waals surface area contributed by atoms with Gasteiger partial charge in [-0.15, -0.1) is 0 Å². The summed E-state index contributed by atoms with van der Waals surface area (Å²) < 4.78 is 0. The molecule has 9 aliphatic rings. The van der Waals surface area contributed by atoms with E-state index in [1.54, 1.807) is 5.57 Å². The molecule has 0 aliphatic heterocycles. The number of rotatable bonds is 12. The summed E-state index contributed by atoms with van der Waals surface area (Å²) in [6, 6.07) is 108. The molecule has 13 aromatic carbocycles. The van der Waals surface area contributed by atoms with Crippen molar-refractivity contribution in [3.63, 3.8) is 0 Å². The molecule has 570 valence electrons. The van der Waals surface area contributed by atoms with Crippen LogP contribution in [0, 0.1) is 5.92 Å². The van der Waals surface area contributed by atoms with Gasteiger partial charge in [0.1, 0.15) is 0 Å². The number of benzene rings is 13. The van der Waals surface area contributed by atoms with E-state index < -0.39 is 0 Å². The molecule has 3 nitrogen and oxygen atoms in total. The second kappa shape index (κ2) is 25.6. The minimum atomic E-state index is -0.167. The van der Waals surface area contributed by atoms with Gasteiger partial charge in [0.25, 0.3) is 0 Å². The summed E-state index contributed by atoms with van der Waals surface area (Å²) in [5, 5.41) is 0. The highest BCUT2D eigenvalue weighted by Crippen LogP contribution is 2.59. The van der Waals surface area contributed by atoms with Gasteiger partial charge in [0.15, 0.2) is 0 Å². The van der Waals surface area contributed by atoms with Gasteiger partial charge in [-0.25, -0.2) is 0 Å². The Balaban J connectivity index is 0.660. The molecule has 2 unspecified atom stereocenters. The Bertz CT molecular complexity index is 6530. The summed E-state index contributed by atoms with van der Waals surface area (Å²) in [6.07, 6.45) is 21.3. The zero-order valence-corrected chi connectivity index (χ0v) is 69.4. The van der Waals surface area contributed by atoms with E-state index in [4.69, 9.17) is 0 Å². The highest BCUT2D eigenvalue weighted by molar-refractivity contribution is 5.94. The van der Waals surface area contributed by atoms with Gasteiger partial charge in [-0.05, 0) is 279 Å². The van der Waals surface area contributed by atoms with Crippen LogP contribution in [0.15, 0.2) is 338 Å². The summed E-state index contributed by atoms with van der Waals surface area (Å²) in [5.74, 6) is 0.217. The number of nitrogens with zero attached hydrogens (tertiary/aromatic N) is 3. The first-order chi connectivity index (χ1) is 56.5. The molecule has 0 fully saturated rings. The van der Waals surface area contributed by atoms with Crippen LogP contribution in [0.3, 0.4) is 0 Å². The molecule has 0 bridgehead atoms. The average molecular weight is 1510 g/mol. The van der Waals surface area contributed by atoms with Gasteiger partial charge < -0.3 is 14.7 Å². The predicted molar refractivity (Wildman–Crippen MR) is 492 cm³/mol. The fourth-order valence-electron chi connectivity index (χ4n) is 22.9. The highest BCUT2D eigenvalue weighted by atomic mass is 15.2. The maximum Gasteiger partial charge on any atom is 0.0468 e. The second-order valence-electron chi connectivity index (χ2n) is 37.8. The van der Waals surface area contributed by atoms with Crippen LogP contribution >= 0.6 is 0 Å². The minimum Gasteiger partial charge on any atom is -0.311 e. The molecule has 0 spiro atoms. The van der Waals surface area contributed by atoms with E-state index in [0.717, 1.165) is 48.4 Å². The third-order valence-corrected chi connectivity index (χ3v) is 29.3. The minimum absolute atomic E-state index is 0.0801. The Morgan fingerprint density at radius 1 is 0.291 bits per heavy atom. The summed E-state index contributed by atoms with van der Waals surface area (Å²) >= 11 is 0. The van der Waals surface area contributed by atoms with Crippen molar-refractivity contribution in [2.45, 2.75) is 147 Å². The molecule has 0 saturated carbocycles. The molecule has 9 aliphatic carbocycles. The molecule has 0 N–H and O–H groups in total. The quantitative estimate of drug-likeness (QED) is 0.121. The molecule has 3 heteroatoms. The lowest BCUT2D eigenvalue weighted by molar-refractivity contribution is 0.607. The fourth-order valence-corrected chi connectivity index (χ4v) is 22.9. The molecule has 22 rings (SSSR count). The van der Waals surface area contributed by atoms with Crippen molar-refractivity contribution in [3.05, 3.63) is 416 Å². The first-order valence-electron chi connectivity index (χ1n) is 42.7. The highest BCUT2D eigenvalue weighted by Gasteiger charge is 2.44. The smallest absolute Gasteiger partial charge is 0.0468 e. The summed E-state index contributed by atoms with van der Waals surface area (Å²) in [6.45, 7) is 28.9. The molecule has 0 saturated heterocycles. The van der Waals surface area contributed by atoms with E-state index in [1.807, 2.05) is 0 Å². The topological polar surface area (TPSA) is 9.72 Å². The maximum absolute atomic E-state index is 2.63. The maximum atomic E-state index is 2.63.